The van der Waals surface area contributed by atoms with Crippen LogP contribution < -0.4 is 0 Å². The van der Waals surface area contributed by atoms with Crippen LogP contribution in [0, 0.1) is 6.92 Å². The predicted octanol–water partition coefficient (Wildman–Crippen LogP) is 15.0. The summed E-state index contributed by atoms with van der Waals surface area (Å²) in [6.45, 7) is 7.28. The predicted molar refractivity (Wildman–Crippen MR) is 257 cm³/mol. The normalized spacial score (nSPS) is 12.8. The highest BCUT2D eigenvalue weighted by molar-refractivity contribution is 6.16. The van der Waals surface area contributed by atoms with Gasteiger partial charge in [0.25, 0.3) is 0 Å². The number of aromatic nitrogens is 2. The average Bonchev–Trinajstić information content (AvgIpc) is 3.82. The lowest BCUT2D eigenvalue weighted by Gasteiger charge is -2.34. The van der Waals surface area contributed by atoms with Crippen LogP contribution in [0.15, 0.2) is 219 Å². The molecule has 1 heterocycles. The molecule has 9 aromatic carbocycles. The molecule has 12 rings (SSSR count). The Morgan fingerprint density at radius 3 is 1.45 bits per heavy atom. The fourth-order valence-corrected chi connectivity index (χ4v) is 10.6. The van der Waals surface area contributed by atoms with Gasteiger partial charge in [0.1, 0.15) is 0 Å². The fourth-order valence-electron chi connectivity index (χ4n) is 10.6. The summed E-state index contributed by atoms with van der Waals surface area (Å²) in [6.07, 6.45) is 0. The van der Waals surface area contributed by atoms with E-state index < -0.39 is 5.41 Å². The van der Waals surface area contributed by atoms with Crippen molar-refractivity contribution in [2.45, 2.75) is 12.3 Å². The van der Waals surface area contributed by atoms with E-state index in [0.29, 0.717) is 5.82 Å². The molecule has 0 unspecified atom stereocenters. The summed E-state index contributed by atoms with van der Waals surface area (Å²) in [7, 11) is 0. The van der Waals surface area contributed by atoms with Gasteiger partial charge in [-0.3, -0.25) is 0 Å². The molecule has 0 aliphatic heterocycles. The maximum absolute atomic E-state index is 5.21. The zero-order valence-corrected chi connectivity index (χ0v) is 34.3. The first-order chi connectivity index (χ1) is 30.6. The Morgan fingerprint density at radius 1 is 0.419 bits per heavy atom. The summed E-state index contributed by atoms with van der Waals surface area (Å²) in [4.78, 5) is 10.4. The third-order valence-electron chi connectivity index (χ3n) is 13.2. The minimum absolute atomic E-state index is 0.571. The third kappa shape index (κ3) is 5.23. The lowest BCUT2D eigenvalue weighted by atomic mass is 9.66. The second-order valence-electron chi connectivity index (χ2n) is 16.5. The second kappa shape index (κ2) is 14.1. The molecule has 2 heteroatoms. The van der Waals surface area contributed by atoms with Crippen molar-refractivity contribution in [3.63, 3.8) is 0 Å². The van der Waals surface area contributed by atoms with Gasteiger partial charge in [0, 0.05) is 16.7 Å². The van der Waals surface area contributed by atoms with E-state index in [2.05, 4.69) is 207 Å². The maximum atomic E-state index is 5.21. The molecule has 290 valence electrons. The van der Waals surface area contributed by atoms with E-state index in [1.165, 1.54) is 66.4 Å². The molecule has 2 aliphatic rings. The SMILES string of the molecule is C=C(c1ccccc1)c1c2c(c3ccccc3c1-c1ccc(-c3nc(-c4ccccc4)cc(-c4ccccc4)n3)cc1C)-c1ccccc1C21c2ccccc2-c2ccccc21. The highest BCUT2D eigenvalue weighted by Crippen LogP contribution is 2.66. The zero-order chi connectivity index (χ0) is 41.4. The zero-order valence-electron chi connectivity index (χ0n) is 34.3. The number of hydrogen-bond donors (Lipinski definition) is 0. The molecule has 0 atom stereocenters. The van der Waals surface area contributed by atoms with Crippen molar-refractivity contribution in [2.24, 2.45) is 0 Å². The van der Waals surface area contributed by atoms with Gasteiger partial charge in [-0.2, -0.15) is 0 Å². The molecule has 1 spiro atoms. The summed E-state index contributed by atoms with van der Waals surface area (Å²) >= 11 is 0. The van der Waals surface area contributed by atoms with Gasteiger partial charge in [-0.1, -0.05) is 207 Å². The minimum Gasteiger partial charge on any atom is -0.228 e. The third-order valence-corrected chi connectivity index (χ3v) is 13.2. The van der Waals surface area contributed by atoms with Gasteiger partial charge in [-0.05, 0) is 108 Å². The first kappa shape index (κ1) is 36.0. The number of hydrogen-bond acceptors (Lipinski definition) is 2. The highest BCUT2D eigenvalue weighted by atomic mass is 14.9. The largest absolute Gasteiger partial charge is 0.228 e. The Morgan fingerprint density at radius 2 is 0.887 bits per heavy atom. The summed E-state index contributed by atoms with van der Waals surface area (Å²) in [5.41, 5.74) is 21.4. The molecular weight excluding hydrogens is 749 g/mol. The maximum Gasteiger partial charge on any atom is 0.160 e. The molecule has 10 aromatic rings. The topological polar surface area (TPSA) is 25.8 Å². The van der Waals surface area contributed by atoms with Crippen molar-refractivity contribution in [3.8, 4) is 67.3 Å². The Kier molecular flexibility index (Phi) is 8.17. The molecule has 0 bridgehead atoms. The van der Waals surface area contributed by atoms with Gasteiger partial charge in [-0.15, -0.1) is 0 Å². The molecular formula is C60H40N2. The van der Waals surface area contributed by atoms with E-state index in [1.807, 2.05) is 12.1 Å². The Balaban J connectivity index is 1.17. The van der Waals surface area contributed by atoms with Gasteiger partial charge >= 0.3 is 0 Å². The van der Waals surface area contributed by atoms with Gasteiger partial charge in [-0.25, -0.2) is 9.97 Å². The van der Waals surface area contributed by atoms with Crippen molar-refractivity contribution < 1.29 is 0 Å². The van der Waals surface area contributed by atoms with Crippen LogP contribution in [-0.2, 0) is 5.41 Å². The molecule has 0 fully saturated rings. The van der Waals surface area contributed by atoms with Crippen LogP contribution in [-0.4, -0.2) is 9.97 Å². The molecule has 62 heavy (non-hydrogen) atoms. The summed E-state index contributed by atoms with van der Waals surface area (Å²) < 4.78 is 0. The molecule has 2 nitrogen and oxygen atoms in total. The monoisotopic (exact) mass is 788 g/mol. The van der Waals surface area contributed by atoms with E-state index in [1.54, 1.807) is 0 Å². The summed E-state index contributed by atoms with van der Waals surface area (Å²) in [6, 6.07) is 76.6. The van der Waals surface area contributed by atoms with E-state index in [4.69, 9.17) is 16.5 Å². The van der Waals surface area contributed by atoms with Crippen LogP contribution in [0.3, 0.4) is 0 Å². The van der Waals surface area contributed by atoms with Gasteiger partial charge in [0.15, 0.2) is 5.82 Å². The van der Waals surface area contributed by atoms with E-state index >= 15 is 0 Å². The first-order valence-electron chi connectivity index (χ1n) is 21.4. The molecule has 0 amide bonds. The van der Waals surface area contributed by atoms with Crippen LogP contribution >= 0.6 is 0 Å². The van der Waals surface area contributed by atoms with E-state index in [0.717, 1.165) is 50.3 Å². The quantitative estimate of drug-likeness (QED) is 0.168. The molecule has 0 saturated heterocycles. The van der Waals surface area contributed by atoms with Gasteiger partial charge in [0.05, 0.1) is 16.8 Å². The molecule has 0 saturated carbocycles. The number of aryl methyl sites for hydroxylation is 1. The van der Waals surface area contributed by atoms with Crippen molar-refractivity contribution in [1.29, 1.82) is 0 Å². The lowest BCUT2D eigenvalue weighted by molar-refractivity contribution is 0.792. The average molecular weight is 789 g/mol. The number of benzene rings is 9. The van der Waals surface area contributed by atoms with E-state index in [9.17, 15) is 0 Å². The molecule has 1 aromatic heterocycles. The van der Waals surface area contributed by atoms with Crippen LogP contribution in [0.25, 0.3) is 83.6 Å². The van der Waals surface area contributed by atoms with Crippen LogP contribution in [0.1, 0.15) is 38.9 Å². The smallest absolute Gasteiger partial charge is 0.160 e. The number of nitrogens with zero attached hydrogens (tertiary/aromatic N) is 2. The standard InChI is InChI=1S/C60H40N2/c1-38-36-43(59-61-53(41-22-8-4-9-23-41)37-54(62-59)42-24-10-5-11-25-42)34-35-44(38)56-47-28-12-13-29-48(47)57-49-30-16-19-33-52(49)60(58(57)55(56)39(2)40-20-6-3-7-21-40)50-31-17-14-26-45(50)46-27-15-18-32-51(46)60/h3-37H,2H2,1H3. The van der Waals surface area contributed by atoms with Gasteiger partial charge < -0.3 is 0 Å². The van der Waals surface area contributed by atoms with Crippen molar-refractivity contribution in [2.75, 3.05) is 0 Å². The van der Waals surface area contributed by atoms with E-state index in [-0.39, 0.29) is 0 Å². The number of rotatable bonds is 6. The summed E-state index contributed by atoms with van der Waals surface area (Å²) in [5, 5.41) is 2.44. The van der Waals surface area contributed by atoms with Crippen LogP contribution in [0.4, 0.5) is 0 Å². The molecule has 0 radical (unpaired) electrons. The molecule has 2 aliphatic carbocycles. The van der Waals surface area contributed by atoms with Gasteiger partial charge in [0.2, 0.25) is 0 Å². The minimum atomic E-state index is -0.571. The van der Waals surface area contributed by atoms with Crippen molar-refractivity contribution in [1.82, 2.24) is 9.97 Å². The first-order valence-corrected chi connectivity index (χ1v) is 21.4. The van der Waals surface area contributed by atoms with Crippen molar-refractivity contribution in [3.05, 3.63) is 258 Å². The van der Waals surface area contributed by atoms with Crippen LogP contribution in [0.5, 0.6) is 0 Å². The Labute approximate surface area is 362 Å². The highest BCUT2D eigenvalue weighted by Gasteiger charge is 2.54. The lowest BCUT2D eigenvalue weighted by Crippen LogP contribution is -2.27. The number of fused-ring (bicyclic) bond motifs is 12. The van der Waals surface area contributed by atoms with Crippen LogP contribution in [0.2, 0.25) is 0 Å². The Hall–Kier alpha value is -7.94. The molecule has 0 N–H and O–H groups in total. The summed E-state index contributed by atoms with van der Waals surface area (Å²) in [5.74, 6) is 0.696. The fraction of sp³-hybridized carbons (Fsp3) is 0.0333. The Bertz CT molecular complexity index is 3320. The second-order valence-corrected chi connectivity index (χ2v) is 16.5. The van der Waals surface area contributed by atoms with Crippen molar-refractivity contribution >= 4 is 16.3 Å².